The van der Waals surface area contributed by atoms with Crippen molar-refractivity contribution in [2.75, 3.05) is 11.9 Å². The zero-order valence-corrected chi connectivity index (χ0v) is 22.9. The number of aryl methyl sites for hydroxylation is 1. The largest absolute Gasteiger partial charge is 0.343 e. The number of imide groups is 1. The quantitative estimate of drug-likeness (QED) is 0.272. The van der Waals surface area contributed by atoms with Crippen molar-refractivity contribution in [3.05, 3.63) is 47.4 Å². The lowest BCUT2D eigenvalue weighted by atomic mass is 10.0. The smallest absolute Gasteiger partial charge is 0.261 e. The molecular formula is C27H37N5O4S. The van der Waals surface area contributed by atoms with Crippen LogP contribution in [0.25, 0.3) is 0 Å². The molecule has 0 bridgehead atoms. The van der Waals surface area contributed by atoms with Crippen molar-refractivity contribution in [2.45, 2.75) is 70.6 Å². The number of carbonyl (C=O) groups is 4. The Morgan fingerprint density at radius 3 is 2.30 bits per heavy atom. The van der Waals surface area contributed by atoms with Gasteiger partial charge in [0.2, 0.25) is 11.8 Å². The molecule has 200 valence electrons. The van der Waals surface area contributed by atoms with Crippen LogP contribution in [-0.2, 0) is 23.1 Å². The molecule has 37 heavy (non-hydrogen) atoms. The van der Waals surface area contributed by atoms with Crippen molar-refractivity contribution >= 4 is 42.1 Å². The standard InChI is InChI=1S/C27H37N5O4S/c1-5-6-13-22-28-16-23(31(22)4)30-24(33)20(15-17(2)3)29-25(34)21(37)12-9-14-32-26(35)18-10-7-8-11-19(18)27(32)36/h7-8,10-11,16-17,20-21,37H,5-6,9,12-15H2,1-4H3,(H,29,34)(H,30,33)/t20-,21?/m0/s1. The number of hydrogen-bond acceptors (Lipinski definition) is 6. The molecule has 0 spiro atoms. The molecule has 2 N–H and O–H groups in total. The van der Waals surface area contributed by atoms with E-state index >= 15 is 0 Å². The summed E-state index contributed by atoms with van der Waals surface area (Å²) in [6, 6.07) is 6.01. The Morgan fingerprint density at radius 2 is 1.70 bits per heavy atom. The number of nitrogens with one attached hydrogen (secondary N) is 2. The number of thiol groups is 1. The molecule has 1 aliphatic heterocycles. The fraction of sp³-hybridized carbons (Fsp3) is 0.519. The maximum absolute atomic E-state index is 13.1. The Hall–Kier alpha value is -3.14. The van der Waals surface area contributed by atoms with Crippen molar-refractivity contribution in [1.82, 2.24) is 19.8 Å². The van der Waals surface area contributed by atoms with Crippen LogP contribution in [0.3, 0.4) is 0 Å². The highest BCUT2D eigenvalue weighted by molar-refractivity contribution is 7.81. The third-order valence-electron chi connectivity index (χ3n) is 6.47. The van der Waals surface area contributed by atoms with Crippen LogP contribution in [0, 0.1) is 5.92 Å². The minimum atomic E-state index is -0.729. The van der Waals surface area contributed by atoms with E-state index < -0.39 is 11.3 Å². The second-order valence-electron chi connectivity index (χ2n) is 9.87. The average Bonchev–Trinajstić information content (AvgIpc) is 3.33. The van der Waals surface area contributed by atoms with Gasteiger partial charge in [-0.1, -0.05) is 39.3 Å². The molecule has 2 heterocycles. The summed E-state index contributed by atoms with van der Waals surface area (Å²) >= 11 is 4.43. The van der Waals surface area contributed by atoms with Gasteiger partial charge in [-0.2, -0.15) is 12.6 Å². The van der Waals surface area contributed by atoms with Gasteiger partial charge >= 0.3 is 0 Å². The number of unbranched alkanes of at least 4 members (excludes halogenated alkanes) is 1. The molecule has 0 fully saturated rings. The van der Waals surface area contributed by atoms with Gasteiger partial charge in [-0.3, -0.25) is 24.1 Å². The van der Waals surface area contributed by atoms with Gasteiger partial charge in [0.25, 0.3) is 11.8 Å². The molecular weight excluding hydrogens is 490 g/mol. The second kappa shape index (κ2) is 12.9. The molecule has 0 aliphatic carbocycles. The first-order valence-corrected chi connectivity index (χ1v) is 13.4. The molecule has 1 unspecified atom stereocenters. The van der Waals surface area contributed by atoms with E-state index in [9.17, 15) is 19.2 Å². The number of amides is 4. The van der Waals surface area contributed by atoms with E-state index in [2.05, 4.69) is 35.2 Å². The maximum Gasteiger partial charge on any atom is 0.261 e. The lowest BCUT2D eigenvalue weighted by Gasteiger charge is -2.22. The summed E-state index contributed by atoms with van der Waals surface area (Å²) in [4.78, 5) is 56.6. The number of anilines is 1. The third-order valence-corrected chi connectivity index (χ3v) is 6.96. The van der Waals surface area contributed by atoms with E-state index in [1.807, 2.05) is 25.5 Å². The molecule has 2 aromatic rings. The van der Waals surface area contributed by atoms with Gasteiger partial charge < -0.3 is 15.2 Å². The van der Waals surface area contributed by atoms with E-state index in [4.69, 9.17) is 0 Å². The van der Waals surface area contributed by atoms with Crippen LogP contribution in [0.2, 0.25) is 0 Å². The predicted octanol–water partition coefficient (Wildman–Crippen LogP) is 3.61. The first-order chi connectivity index (χ1) is 17.6. The van der Waals surface area contributed by atoms with E-state index in [-0.39, 0.29) is 36.1 Å². The second-order valence-corrected chi connectivity index (χ2v) is 10.5. The highest BCUT2D eigenvalue weighted by Crippen LogP contribution is 2.23. The molecule has 2 atom stereocenters. The number of hydrogen-bond donors (Lipinski definition) is 3. The predicted molar refractivity (Wildman–Crippen MR) is 146 cm³/mol. The lowest BCUT2D eigenvalue weighted by molar-refractivity contribution is -0.126. The molecule has 10 heteroatoms. The minimum Gasteiger partial charge on any atom is -0.343 e. The van der Waals surface area contributed by atoms with Gasteiger partial charge in [0.1, 0.15) is 17.7 Å². The van der Waals surface area contributed by atoms with Crippen molar-refractivity contribution in [3.63, 3.8) is 0 Å². The highest BCUT2D eigenvalue weighted by atomic mass is 32.1. The zero-order chi connectivity index (χ0) is 27.1. The van der Waals surface area contributed by atoms with Crippen molar-refractivity contribution in [3.8, 4) is 0 Å². The van der Waals surface area contributed by atoms with Crippen LogP contribution >= 0.6 is 12.6 Å². The van der Waals surface area contributed by atoms with Crippen molar-refractivity contribution in [2.24, 2.45) is 13.0 Å². The first kappa shape index (κ1) is 28.4. The number of carbonyl (C=O) groups excluding carboxylic acids is 4. The van der Waals surface area contributed by atoms with Gasteiger partial charge in [-0.05, 0) is 43.7 Å². The number of imidazole rings is 1. The Kier molecular flexibility index (Phi) is 9.91. The summed E-state index contributed by atoms with van der Waals surface area (Å²) in [7, 11) is 1.86. The molecule has 0 saturated carbocycles. The lowest BCUT2D eigenvalue weighted by Crippen LogP contribution is -2.47. The van der Waals surface area contributed by atoms with Gasteiger partial charge in [0.05, 0.1) is 22.6 Å². The SMILES string of the molecule is CCCCc1ncc(NC(=O)[C@H](CC(C)C)NC(=O)C(S)CCCN2C(=O)c3ccccc3C2=O)n1C. The van der Waals surface area contributed by atoms with Crippen LogP contribution in [-0.4, -0.2) is 55.9 Å². The van der Waals surface area contributed by atoms with Crippen LogP contribution in [0.15, 0.2) is 30.5 Å². The molecule has 1 aromatic heterocycles. The minimum absolute atomic E-state index is 0.176. The Morgan fingerprint density at radius 1 is 1.05 bits per heavy atom. The molecule has 9 nitrogen and oxygen atoms in total. The van der Waals surface area contributed by atoms with Crippen molar-refractivity contribution < 1.29 is 19.2 Å². The summed E-state index contributed by atoms with van der Waals surface area (Å²) < 4.78 is 1.86. The normalized spacial score (nSPS) is 14.6. The summed E-state index contributed by atoms with van der Waals surface area (Å²) in [6.07, 6.45) is 5.77. The fourth-order valence-corrected chi connectivity index (χ4v) is 4.59. The molecule has 3 rings (SSSR count). The fourth-order valence-electron chi connectivity index (χ4n) is 4.33. The number of rotatable bonds is 13. The molecule has 4 amide bonds. The molecule has 1 aromatic carbocycles. The summed E-state index contributed by atoms with van der Waals surface area (Å²) in [5, 5.41) is 5.04. The zero-order valence-electron chi connectivity index (χ0n) is 22.0. The van der Waals surface area contributed by atoms with E-state index in [0.29, 0.717) is 36.2 Å². The molecule has 1 aliphatic rings. The molecule has 0 saturated heterocycles. The van der Waals surface area contributed by atoms with Crippen molar-refractivity contribution in [1.29, 1.82) is 0 Å². The first-order valence-electron chi connectivity index (χ1n) is 12.9. The summed E-state index contributed by atoms with van der Waals surface area (Å²) in [5.41, 5.74) is 0.808. The van der Waals surface area contributed by atoms with Gasteiger partial charge in [-0.25, -0.2) is 4.98 Å². The van der Waals surface area contributed by atoms with Gasteiger partial charge in [0, 0.05) is 20.0 Å². The van der Waals surface area contributed by atoms with Gasteiger partial charge in [0.15, 0.2) is 0 Å². The summed E-state index contributed by atoms with van der Waals surface area (Å²) in [5.74, 6) is 0.358. The average molecular weight is 528 g/mol. The van der Waals surface area contributed by atoms with Crippen LogP contribution < -0.4 is 10.6 Å². The number of nitrogens with zero attached hydrogens (tertiary/aromatic N) is 3. The Bertz CT molecular complexity index is 1110. The van der Waals surface area contributed by atoms with Crippen LogP contribution in [0.4, 0.5) is 5.82 Å². The van der Waals surface area contributed by atoms with E-state index in [0.717, 1.165) is 25.1 Å². The van der Waals surface area contributed by atoms with Crippen LogP contribution in [0.5, 0.6) is 0 Å². The molecule has 0 radical (unpaired) electrons. The maximum atomic E-state index is 13.1. The Balaban J connectivity index is 1.54. The highest BCUT2D eigenvalue weighted by Gasteiger charge is 2.35. The third kappa shape index (κ3) is 7.00. The monoisotopic (exact) mass is 527 g/mol. The summed E-state index contributed by atoms with van der Waals surface area (Å²) in [6.45, 7) is 6.29. The number of benzene rings is 1. The number of aromatic nitrogens is 2. The van der Waals surface area contributed by atoms with E-state index in [1.54, 1.807) is 30.5 Å². The number of fused-ring (bicyclic) bond motifs is 1. The topological polar surface area (TPSA) is 113 Å². The van der Waals surface area contributed by atoms with E-state index in [1.165, 1.54) is 4.90 Å². The van der Waals surface area contributed by atoms with Crippen LogP contribution in [0.1, 0.15) is 79.4 Å². The Labute approximate surface area is 223 Å². The van der Waals surface area contributed by atoms with Gasteiger partial charge in [-0.15, -0.1) is 0 Å².